The average molecular weight is 695 g/mol. The van der Waals surface area contributed by atoms with Gasteiger partial charge < -0.3 is 19.3 Å². The number of amides is 1. The van der Waals surface area contributed by atoms with E-state index in [2.05, 4.69) is 32.3 Å². The van der Waals surface area contributed by atoms with Crippen molar-refractivity contribution in [2.75, 3.05) is 45.9 Å². The number of esters is 2. The molecule has 0 aliphatic carbocycles. The van der Waals surface area contributed by atoms with Gasteiger partial charge in [-0.05, 0) is 64.5 Å². The lowest BCUT2D eigenvalue weighted by Crippen LogP contribution is -2.38. The second-order valence-electron chi connectivity index (χ2n) is 13.9. The largest absolute Gasteiger partial charge is 0.466 e. The van der Waals surface area contributed by atoms with Gasteiger partial charge in [0.1, 0.15) is 0 Å². The van der Waals surface area contributed by atoms with Crippen LogP contribution in [0.25, 0.3) is 0 Å². The van der Waals surface area contributed by atoms with Crippen molar-refractivity contribution < 1.29 is 23.9 Å². The van der Waals surface area contributed by atoms with E-state index < -0.39 is 0 Å². The molecule has 48 heavy (non-hydrogen) atoms. The Morgan fingerprint density at radius 3 is 1.92 bits per heavy atom. The van der Waals surface area contributed by atoms with Crippen LogP contribution in [0.15, 0.2) is 12.7 Å². The zero-order chi connectivity index (χ0) is 35.1. The Morgan fingerprint density at radius 1 is 0.750 bits per heavy atom. The Balaban J connectivity index is 2.76. The van der Waals surface area contributed by atoms with E-state index in [1.165, 1.54) is 76.0 Å². The molecule has 1 fully saturated rings. The summed E-state index contributed by atoms with van der Waals surface area (Å²) in [6, 6.07) is 0. The molecule has 8 heteroatoms. The summed E-state index contributed by atoms with van der Waals surface area (Å²) in [5.41, 5.74) is 0. The number of carbonyl (C=O) groups is 3. The monoisotopic (exact) mass is 695 g/mol. The summed E-state index contributed by atoms with van der Waals surface area (Å²) >= 11 is 1.46. The first-order chi connectivity index (χ1) is 23.4. The third-order valence-electron chi connectivity index (χ3n) is 9.51. The molecule has 0 N–H and O–H groups in total. The third kappa shape index (κ3) is 23.8. The molecule has 7 nitrogen and oxygen atoms in total. The highest BCUT2D eigenvalue weighted by Gasteiger charge is 2.27. The van der Waals surface area contributed by atoms with Crippen LogP contribution < -0.4 is 0 Å². The summed E-state index contributed by atoms with van der Waals surface area (Å²) in [5.74, 6) is -0.479. The highest BCUT2D eigenvalue weighted by molar-refractivity contribution is 8.14. The highest BCUT2D eigenvalue weighted by atomic mass is 32.2. The Hall–Kier alpha value is -1.54. The van der Waals surface area contributed by atoms with Crippen LogP contribution in [0.3, 0.4) is 0 Å². The van der Waals surface area contributed by atoms with E-state index in [4.69, 9.17) is 9.47 Å². The second-order valence-corrected chi connectivity index (χ2v) is 15.1. The molecule has 0 aromatic heterocycles. The Bertz CT molecular complexity index is 817. The summed E-state index contributed by atoms with van der Waals surface area (Å²) in [6.07, 6.45) is 25.6. The van der Waals surface area contributed by atoms with Gasteiger partial charge in [-0.25, -0.2) is 0 Å². The van der Waals surface area contributed by atoms with E-state index in [9.17, 15) is 14.4 Å². The van der Waals surface area contributed by atoms with Crippen molar-refractivity contribution in [3.63, 3.8) is 0 Å². The van der Waals surface area contributed by atoms with Gasteiger partial charge in [0.2, 0.25) is 0 Å². The number of nitrogens with zero attached hydrogens (tertiary/aromatic N) is 2. The van der Waals surface area contributed by atoms with E-state index in [0.717, 1.165) is 83.8 Å². The van der Waals surface area contributed by atoms with Crippen LogP contribution in [-0.2, 0) is 19.1 Å². The molecule has 1 rings (SSSR count). The van der Waals surface area contributed by atoms with Crippen molar-refractivity contribution in [1.29, 1.82) is 0 Å². The van der Waals surface area contributed by atoms with Crippen LogP contribution in [0.2, 0.25) is 0 Å². The first-order valence-corrected chi connectivity index (χ1v) is 20.9. The third-order valence-corrected chi connectivity index (χ3v) is 10.8. The van der Waals surface area contributed by atoms with Crippen LogP contribution in [0, 0.1) is 5.92 Å². The molecule has 1 amide bonds. The molecule has 0 saturated carbocycles. The number of likely N-dealkylation sites (tertiary alicyclic amines) is 1. The molecule has 0 radical (unpaired) electrons. The smallest absolute Gasteiger partial charge is 0.308 e. The van der Waals surface area contributed by atoms with Gasteiger partial charge in [0.05, 0.1) is 19.1 Å². The van der Waals surface area contributed by atoms with Gasteiger partial charge in [-0.1, -0.05) is 129 Å². The summed E-state index contributed by atoms with van der Waals surface area (Å²) < 4.78 is 11.3. The lowest BCUT2D eigenvalue weighted by molar-refractivity contribution is -0.149. The SMILES string of the molecule is C=CCCN1CCC(SC(=O)N(CCCC(=O)OCCCCCCC)CCC(CCCCCCCC)C(=O)OCCCCCCC)CC1. The maximum atomic E-state index is 13.7. The second kappa shape index (κ2) is 31.4. The van der Waals surface area contributed by atoms with Crippen molar-refractivity contribution >= 4 is 28.9 Å². The van der Waals surface area contributed by atoms with Crippen LogP contribution in [-0.4, -0.2) is 78.2 Å². The van der Waals surface area contributed by atoms with Crippen LogP contribution >= 0.6 is 11.8 Å². The van der Waals surface area contributed by atoms with Gasteiger partial charge >= 0.3 is 11.9 Å². The highest BCUT2D eigenvalue weighted by Crippen LogP contribution is 2.27. The number of piperidine rings is 1. The minimum absolute atomic E-state index is 0.0754. The molecular weight excluding hydrogens is 621 g/mol. The molecule has 280 valence electrons. The summed E-state index contributed by atoms with van der Waals surface area (Å²) in [5, 5.41) is 0.376. The first kappa shape index (κ1) is 44.5. The number of unbranched alkanes of at least 4 members (excludes halogenated alkanes) is 13. The molecule has 0 aromatic carbocycles. The zero-order valence-corrected chi connectivity index (χ0v) is 32.3. The average Bonchev–Trinajstić information content (AvgIpc) is 3.09. The van der Waals surface area contributed by atoms with Gasteiger partial charge in [-0.2, -0.15) is 0 Å². The quantitative estimate of drug-likeness (QED) is 0.0406. The fraction of sp³-hybridized carbons (Fsp3) is 0.875. The van der Waals surface area contributed by atoms with Crippen LogP contribution in [0.4, 0.5) is 4.79 Å². The van der Waals surface area contributed by atoms with Gasteiger partial charge in [-0.15, -0.1) is 6.58 Å². The standard InChI is InChI=1S/C40H74N2O5S/c1-5-9-13-16-17-20-24-36(39(44)47-35-22-19-15-11-7-3)26-33-42(30-23-25-38(43)46-34-21-18-14-10-6-2)40(45)48-37-27-31-41(32-28-37)29-12-8-4/h8,36-37H,4-7,9-35H2,1-3H3. The van der Waals surface area contributed by atoms with Crippen molar-refractivity contribution in [3.05, 3.63) is 12.7 Å². The van der Waals surface area contributed by atoms with Gasteiger partial charge in [0.25, 0.3) is 5.24 Å². The number of hydrogen-bond donors (Lipinski definition) is 0. The normalized spacial score (nSPS) is 14.5. The number of thioether (sulfide) groups is 1. The number of hydrogen-bond acceptors (Lipinski definition) is 7. The Labute approximate surface area is 300 Å². The molecule has 1 aliphatic heterocycles. The van der Waals surface area contributed by atoms with Gasteiger partial charge in [0, 0.05) is 31.3 Å². The lowest BCUT2D eigenvalue weighted by Gasteiger charge is -2.32. The van der Waals surface area contributed by atoms with Crippen molar-refractivity contribution in [1.82, 2.24) is 9.80 Å². The molecule has 1 saturated heterocycles. The fourth-order valence-electron chi connectivity index (χ4n) is 6.27. The van der Waals surface area contributed by atoms with Gasteiger partial charge in [-0.3, -0.25) is 14.4 Å². The summed E-state index contributed by atoms with van der Waals surface area (Å²) in [6.45, 7) is 15.5. The van der Waals surface area contributed by atoms with E-state index >= 15 is 0 Å². The minimum Gasteiger partial charge on any atom is -0.466 e. The van der Waals surface area contributed by atoms with Crippen LogP contribution in [0.1, 0.15) is 168 Å². The molecule has 1 atom stereocenters. The molecule has 0 spiro atoms. The molecular formula is C40H74N2O5S. The minimum atomic E-state index is -0.196. The maximum absolute atomic E-state index is 13.7. The van der Waals surface area contributed by atoms with Crippen molar-refractivity contribution in [2.24, 2.45) is 5.92 Å². The molecule has 0 bridgehead atoms. The fourth-order valence-corrected chi connectivity index (χ4v) is 7.34. The van der Waals surface area contributed by atoms with Crippen molar-refractivity contribution in [2.45, 2.75) is 174 Å². The molecule has 0 aromatic rings. The van der Waals surface area contributed by atoms with E-state index in [-0.39, 0.29) is 23.1 Å². The summed E-state index contributed by atoms with van der Waals surface area (Å²) in [7, 11) is 0. The number of ether oxygens (including phenoxy) is 2. The first-order valence-electron chi connectivity index (χ1n) is 20.1. The predicted octanol–water partition coefficient (Wildman–Crippen LogP) is 10.7. The molecule has 1 unspecified atom stereocenters. The number of rotatable bonds is 31. The molecule has 1 aliphatic rings. The predicted molar refractivity (Wildman–Crippen MR) is 204 cm³/mol. The van der Waals surface area contributed by atoms with Gasteiger partial charge in [0.15, 0.2) is 0 Å². The van der Waals surface area contributed by atoms with Crippen LogP contribution in [0.5, 0.6) is 0 Å². The Kier molecular flexibility index (Phi) is 29.1. The van der Waals surface area contributed by atoms with E-state index in [1.54, 1.807) is 0 Å². The number of carbonyl (C=O) groups excluding carboxylic acids is 3. The zero-order valence-electron chi connectivity index (χ0n) is 31.5. The van der Waals surface area contributed by atoms with E-state index in [1.807, 2.05) is 11.0 Å². The summed E-state index contributed by atoms with van der Waals surface area (Å²) in [4.78, 5) is 43.8. The maximum Gasteiger partial charge on any atom is 0.308 e. The van der Waals surface area contributed by atoms with Crippen molar-refractivity contribution in [3.8, 4) is 0 Å². The van der Waals surface area contributed by atoms with E-state index in [0.29, 0.717) is 50.8 Å². The lowest BCUT2D eigenvalue weighted by atomic mass is 9.96. The topological polar surface area (TPSA) is 76.2 Å². The Morgan fingerprint density at radius 2 is 1.31 bits per heavy atom. The molecule has 1 heterocycles.